The minimum atomic E-state index is 0.193. The molecule has 17 heavy (non-hydrogen) atoms. The van der Waals surface area contributed by atoms with Gasteiger partial charge in [0.1, 0.15) is 0 Å². The SMILES string of the molecule is Brc1ccc(C(Br)c2ccc(Br)cc2Br)cc1. The molecule has 0 spiro atoms. The highest BCUT2D eigenvalue weighted by molar-refractivity contribution is 9.11. The second-order valence-corrected chi connectivity index (χ2v) is 7.18. The molecule has 0 radical (unpaired) electrons. The summed E-state index contributed by atoms with van der Waals surface area (Å²) in [6.07, 6.45) is 0. The summed E-state index contributed by atoms with van der Waals surface area (Å²) in [5, 5.41) is 0. The lowest BCUT2D eigenvalue weighted by Crippen LogP contribution is -1.93. The van der Waals surface area contributed by atoms with E-state index in [1.807, 2.05) is 6.07 Å². The third-order valence-corrected chi connectivity index (χ3v) is 5.13. The number of halogens is 4. The molecule has 2 aromatic rings. The van der Waals surface area contributed by atoms with Crippen LogP contribution in [0.2, 0.25) is 0 Å². The van der Waals surface area contributed by atoms with Crippen molar-refractivity contribution in [3.63, 3.8) is 0 Å². The van der Waals surface area contributed by atoms with E-state index in [9.17, 15) is 0 Å². The van der Waals surface area contributed by atoms with E-state index in [0.717, 1.165) is 13.4 Å². The summed E-state index contributed by atoms with van der Waals surface area (Å²) in [5.41, 5.74) is 2.45. The van der Waals surface area contributed by atoms with Crippen LogP contribution in [0.1, 0.15) is 16.0 Å². The predicted molar refractivity (Wildman–Crippen MR) is 86.8 cm³/mol. The standard InChI is InChI=1S/C13H8Br4/c14-9-3-1-8(2-4-9)13(17)11-6-5-10(15)7-12(11)16/h1-7,13H. The van der Waals surface area contributed by atoms with Crippen LogP contribution in [0.3, 0.4) is 0 Å². The van der Waals surface area contributed by atoms with E-state index < -0.39 is 0 Å². The van der Waals surface area contributed by atoms with Gasteiger partial charge in [0.25, 0.3) is 0 Å². The molecule has 0 amide bonds. The first-order valence-corrected chi connectivity index (χ1v) is 8.22. The molecule has 0 aromatic heterocycles. The third-order valence-electron chi connectivity index (χ3n) is 2.40. The van der Waals surface area contributed by atoms with Crippen molar-refractivity contribution in [3.05, 3.63) is 67.0 Å². The van der Waals surface area contributed by atoms with Crippen LogP contribution in [-0.4, -0.2) is 0 Å². The lowest BCUT2D eigenvalue weighted by molar-refractivity contribution is 1.16. The minimum Gasteiger partial charge on any atom is -0.0786 e. The summed E-state index contributed by atoms with van der Waals surface area (Å²) >= 11 is 14.2. The van der Waals surface area contributed by atoms with Crippen LogP contribution in [0, 0.1) is 0 Å². The highest BCUT2D eigenvalue weighted by Gasteiger charge is 2.13. The summed E-state index contributed by atoms with van der Waals surface area (Å²) < 4.78 is 3.26. The number of rotatable bonds is 2. The first kappa shape index (κ1) is 13.8. The van der Waals surface area contributed by atoms with Crippen LogP contribution in [0.15, 0.2) is 55.9 Å². The zero-order valence-corrected chi connectivity index (χ0v) is 15.0. The van der Waals surface area contributed by atoms with Gasteiger partial charge in [0, 0.05) is 13.4 Å². The van der Waals surface area contributed by atoms with Crippen LogP contribution < -0.4 is 0 Å². The Labute approximate surface area is 134 Å². The molecule has 1 atom stereocenters. The van der Waals surface area contributed by atoms with Gasteiger partial charge in [0.15, 0.2) is 0 Å². The minimum absolute atomic E-state index is 0.193. The molecule has 0 bridgehead atoms. The molecule has 0 saturated heterocycles. The van der Waals surface area contributed by atoms with Gasteiger partial charge < -0.3 is 0 Å². The molecule has 1 unspecified atom stereocenters. The molecule has 0 heterocycles. The predicted octanol–water partition coefficient (Wildman–Crippen LogP) is 6.46. The fourth-order valence-electron chi connectivity index (χ4n) is 1.52. The van der Waals surface area contributed by atoms with E-state index in [1.54, 1.807) is 0 Å². The van der Waals surface area contributed by atoms with Crippen LogP contribution in [0.25, 0.3) is 0 Å². The monoisotopic (exact) mass is 480 g/mol. The fourth-order valence-corrected chi connectivity index (χ4v) is 4.07. The highest BCUT2D eigenvalue weighted by Crippen LogP contribution is 2.36. The first-order chi connectivity index (χ1) is 8.08. The molecular formula is C13H8Br4. The Hall–Kier alpha value is 0.360. The molecule has 0 N–H and O–H groups in total. The van der Waals surface area contributed by atoms with Gasteiger partial charge in [0.05, 0.1) is 4.83 Å². The zero-order valence-electron chi connectivity index (χ0n) is 8.63. The van der Waals surface area contributed by atoms with Crippen molar-refractivity contribution in [2.24, 2.45) is 0 Å². The smallest absolute Gasteiger partial charge is 0.0655 e. The fraction of sp³-hybridized carbons (Fsp3) is 0.0769. The van der Waals surface area contributed by atoms with Gasteiger partial charge in [-0.2, -0.15) is 0 Å². The largest absolute Gasteiger partial charge is 0.0786 e. The van der Waals surface area contributed by atoms with Crippen molar-refractivity contribution >= 4 is 63.7 Å². The van der Waals surface area contributed by atoms with Crippen molar-refractivity contribution in [1.29, 1.82) is 0 Å². The van der Waals surface area contributed by atoms with E-state index in [0.29, 0.717) is 0 Å². The Morgan fingerprint density at radius 2 is 1.35 bits per heavy atom. The van der Waals surface area contributed by atoms with Gasteiger partial charge in [-0.25, -0.2) is 0 Å². The molecule has 0 aliphatic heterocycles. The summed E-state index contributed by atoms with van der Waals surface area (Å²) in [6.45, 7) is 0. The average molecular weight is 484 g/mol. The second-order valence-electron chi connectivity index (χ2n) is 3.58. The number of hydrogen-bond acceptors (Lipinski definition) is 0. The average Bonchev–Trinajstić information content (AvgIpc) is 2.29. The van der Waals surface area contributed by atoms with Crippen molar-refractivity contribution in [3.8, 4) is 0 Å². The Balaban J connectivity index is 2.36. The summed E-state index contributed by atoms with van der Waals surface area (Å²) in [7, 11) is 0. The summed E-state index contributed by atoms with van der Waals surface area (Å²) in [6, 6.07) is 14.5. The molecule has 88 valence electrons. The topological polar surface area (TPSA) is 0 Å². The van der Waals surface area contributed by atoms with Crippen molar-refractivity contribution in [1.82, 2.24) is 0 Å². The van der Waals surface area contributed by atoms with E-state index in [2.05, 4.69) is 100 Å². The molecule has 0 fully saturated rings. The molecule has 2 aromatic carbocycles. The number of benzene rings is 2. The Kier molecular flexibility index (Phi) is 4.87. The lowest BCUT2D eigenvalue weighted by Gasteiger charge is -2.13. The maximum atomic E-state index is 3.73. The van der Waals surface area contributed by atoms with E-state index >= 15 is 0 Å². The van der Waals surface area contributed by atoms with Crippen LogP contribution >= 0.6 is 63.7 Å². The molecule has 2 rings (SSSR count). The molecule has 0 nitrogen and oxygen atoms in total. The summed E-state index contributed by atoms with van der Waals surface area (Å²) in [4.78, 5) is 0.193. The first-order valence-electron chi connectivity index (χ1n) is 4.92. The quantitative estimate of drug-likeness (QED) is 0.430. The Bertz CT molecular complexity index is 519. The molecule has 0 aliphatic carbocycles. The van der Waals surface area contributed by atoms with Crippen LogP contribution in [-0.2, 0) is 0 Å². The molecule has 4 heteroatoms. The van der Waals surface area contributed by atoms with E-state index in [1.165, 1.54) is 11.1 Å². The number of alkyl halides is 1. The number of hydrogen-bond donors (Lipinski definition) is 0. The molecule has 0 aliphatic rings. The maximum absolute atomic E-state index is 3.73. The van der Waals surface area contributed by atoms with Gasteiger partial charge in [0.2, 0.25) is 0 Å². The Morgan fingerprint density at radius 1 is 0.765 bits per heavy atom. The molecule has 0 saturated carbocycles. The third kappa shape index (κ3) is 3.43. The van der Waals surface area contributed by atoms with Gasteiger partial charge in [-0.05, 0) is 35.4 Å². The zero-order chi connectivity index (χ0) is 12.4. The van der Waals surface area contributed by atoms with Gasteiger partial charge >= 0.3 is 0 Å². The lowest BCUT2D eigenvalue weighted by atomic mass is 10.1. The maximum Gasteiger partial charge on any atom is 0.0655 e. The highest BCUT2D eigenvalue weighted by atomic mass is 79.9. The van der Waals surface area contributed by atoms with Gasteiger partial charge in [-0.1, -0.05) is 81.9 Å². The van der Waals surface area contributed by atoms with E-state index in [4.69, 9.17) is 0 Å². The van der Waals surface area contributed by atoms with E-state index in [-0.39, 0.29) is 4.83 Å². The van der Waals surface area contributed by atoms with Crippen molar-refractivity contribution in [2.45, 2.75) is 4.83 Å². The Morgan fingerprint density at radius 3 is 1.94 bits per heavy atom. The second kappa shape index (κ2) is 6.00. The van der Waals surface area contributed by atoms with Crippen molar-refractivity contribution < 1.29 is 0 Å². The van der Waals surface area contributed by atoms with Crippen molar-refractivity contribution in [2.75, 3.05) is 0 Å². The summed E-state index contributed by atoms with van der Waals surface area (Å²) in [5.74, 6) is 0. The van der Waals surface area contributed by atoms with Crippen LogP contribution in [0.5, 0.6) is 0 Å². The van der Waals surface area contributed by atoms with Crippen LogP contribution in [0.4, 0.5) is 0 Å². The molecular weight excluding hydrogens is 476 g/mol. The van der Waals surface area contributed by atoms with Gasteiger partial charge in [-0.3, -0.25) is 0 Å². The van der Waals surface area contributed by atoms with Gasteiger partial charge in [-0.15, -0.1) is 0 Å². The normalized spacial score (nSPS) is 12.5.